The molecule has 1 saturated heterocycles. The number of carbonyl (C=O) groups is 2. The summed E-state index contributed by atoms with van der Waals surface area (Å²) < 4.78 is 5.39. The Bertz CT molecular complexity index is 1280. The van der Waals surface area contributed by atoms with Gasteiger partial charge in [-0.15, -0.1) is 11.3 Å². The molecule has 1 fully saturated rings. The first-order valence-corrected chi connectivity index (χ1v) is 11.7. The van der Waals surface area contributed by atoms with Gasteiger partial charge in [0.25, 0.3) is 5.89 Å². The largest absolute Gasteiger partial charge is 0.333 e. The fourth-order valence-electron chi connectivity index (χ4n) is 3.85. The summed E-state index contributed by atoms with van der Waals surface area (Å²) in [6.45, 7) is 2.41. The van der Waals surface area contributed by atoms with Crippen LogP contribution in [-0.2, 0) is 16.0 Å². The van der Waals surface area contributed by atoms with Crippen LogP contribution in [0, 0.1) is 5.92 Å². The van der Waals surface area contributed by atoms with Crippen molar-refractivity contribution in [2.24, 2.45) is 5.92 Å². The highest BCUT2D eigenvalue weighted by Gasteiger charge is 2.35. The molecule has 7 nitrogen and oxygen atoms in total. The first kappa shape index (κ1) is 21.1. The van der Waals surface area contributed by atoms with Crippen molar-refractivity contribution in [2.75, 3.05) is 16.8 Å². The predicted molar refractivity (Wildman–Crippen MR) is 128 cm³/mol. The van der Waals surface area contributed by atoms with E-state index < -0.39 is 5.92 Å². The van der Waals surface area contributed by atoms with E-state index in [1.807, 2.05) is 66.0 Å². The molecule has 1 N–H and O–H groups in total. The number of anilines is 2. The monoisotopic (exact) mass is 458 g/mol. The average Bonchev–Trinajstić information content (AvgIpc) is 3.60. The van der Waals surface area contributed by atoms with Gasteiger partial charge in [0, 0.05) is 29.9 Å². The van der Waals surface area contributed by atoms with Crippen LogP contribution in [-0.4, -0.2) is 28.5 Å². The van der Waals surface area contributed by atoms with Crippen LogP contribution in [0.1, 0.15) is 18.9 Å². The lowest BCUT2D eigenvalue weighted by atomic mass is 10.1. The van der Waals surface area contributed by atoms with Crippen LogP contribution >= 0.6 is 11.3 Å². The highest BCUT2D eigenvalue weighted by molar-refractivity contribution is 7.13. The normalized spacial score (nSPS) is 15.7. The molecule has 0 unspecified atom stereocenters. The first-order chi connectivity index (χ1) is 16.1. The number of benzene rings is 2. The molecule has 0 aliphatic carbocycles. The number of aromatic nitrogens is 2. The molecule has 166 valence electrons. The molecule has 1 aliphatic rings. The first-order valence-electron chi connectivity index (χ1n) is 10.8. The molecule has 1 atom stereocenters. The number of thiophene rings is 1. The molecule has 0 saturated carbocycles. The number of rotatable bonds is 6. The number of hydrogen-bond acceptors (Lipinski definition) is 6. The molecule has 1 aliphatic heterocycles. The van der Waals surface area contributed by atoms with Crippen molar-refractivity contribution in [3.63, 3.8) is 0 Å². The Morgan fingerprint density at radius 1 is 1.18 bits per heavy atom. The number of amides is 2. The zero-order chi connectivity index (χ0) is 22.8. The zero-order valence-electron chi connectivity index (χ0n) is 18.0. The average molecular weight is 459 g/mol. The third kappa shape index (κ3) is 4.42. The predicted octanol–water partition coefficient (Wildman–Crippen LogP) is 5.02. The third-order valence-corrected chi connectivity index (χ3v) is 6.56. The Kier molecular flexibility index (Phi) is 5.75. The topological polar surface area (TPSA) is 88.3 Å². The van der Waals surface area contributed by atoms with Crippen molar-refractivity contribution in [1.29, 1.82) is 0 Å². The fraction of sp³-hybridized carbons (Fsp3) is 0.200. The second-order valence-corrected chi connectivity index (χ2v) is 8.84. The number of hydrogen-bond donors (Lipinski definition) is 1. The minimum absolute atomic E-state index is 0.0824. The van der Waals surface area contributed by atoms with Gasteiger partial charge in [-0.05, 0) is 47.7 Å². The quantitative estimate of drug-likeness (QED) is 0.438. The van der Waals surface area contributed by atoms with Crippen LogP contribution in [0.25, 0.3) is 22.2 Å². The Labute approximate surface area is 195 Å². The van der Waals surface area contributed by atoms with E-state index in [1.54, 1.807) is 4.90 Å². The van der Waals surface area contributed by atoms with Gasteiger partial charge < -0.3 is 14.7 Å². The van der Waals surface area contributed by atoms with Gasteiger partial charge in [-0.2, -0.15) is 4.98 Å². The number of aryl methyl sites for hydroxylation is 1. The summed E-state index contributed by atoms with van der Waals surface area (Å²) in [5, 5.41) is 8.97. The van der Waals surface area contributed by atoms with Crippen LogP contribution in [0.15, 0.2) is 70.6 Å². The summed E-state index contributed by atoms with van der Waals surface area (Å²) >= 11 is 1.53. The second-order valence-electron chi connectivity index (χ2n) is 7.90. The van der Waals surface area contributed by atoms with E-state index in [0.717, 1.165) is 22.5 Å². The molecule has 8 heteroatoms. The minimum Gasteiger partial charge on any atom is -0.333 e. The summed E-state index contributed by atoms with van der Waals surface area (Å²) in [7, 11) is 0. The van der Waals surface area contributed by atoms with Crippen LogP contribution in [0.3, 0.4) is 0 Å². The highest BCUT2D eigenvalue weighted by atomic mass is 32.1. The Morgan fingerprint density at radius 2 is 2.03 bits per heavy atom. The van der Waals surface area contributed by atoms with E-state index in [2.05, 4.69) is 22.4 Å². The SMILES string of the molecule is CCc1ccc(NC(=O)[C@H]2CC(=O)N(c3cccc(-c4noc(-c5cccs5)n4)c3)C2)cc1. The molecule has 0 bridgehead atoms. The van der Waals surface area contributed by atoms with Crippen molar-refractivity contribution in [3.05, 3.63) is 71.6 Å². The maximum absolute atomic E-state index is 12.8. The number of nitrogens with zero attached hydrogens (tertiary/aromatic N) is 3. The molecule has 2 aromatic carbocycles. The van der Waals surface area contributed by atoms with Crippen molar-refractivity contribution < 1.29 is 14.1 Å². The Balaban J connectivity index is 1.30. The van der Waals surface area contributed by atoms with Gasteiger partial charge in [-0.1, -0.05) is 42.4 Å². The van der Waals surface area contributed by atoms with Crippen LogP contribution in [0.5, 0.6) is 0 Å². The van der Waals surface area contributed by atoms with Crippen LogP contribution in [0.4, 0.5) is 11.4 Å². The van der Waals surface area contributed by atoms with Crippen molar-refractivity contribution >= 4 is 34.5 Å². The van der Waals surface area contributed by atoms with Gasteiger partial charge in [-0.3, -0.25) is 9.59 Å². The number of nitrogens with one attached hydrogen (secondary N) is 1. The van der Waals surface area contributed by atoms with E-state index in [4.69, 9.17) is 4.52 Å². The van der Waals surface area contributed by atoms with Crippen molar-refractivity contribution in [2.45, 2.75) is 19.8 Å². The van der Waals surface area contributed by atoms with E-state index in [-0.39, 0.29) is 18.2 Å². The summed E-state index contributed by atoms with van der Waals surface area (Å²) in [6.07, 6.45) is 1.12. The third-order valence-electron chi connectivity index (χ3n) is 5.70. The molecule has 5 rings (SSSR count). The molecule has 2 amide bonds. The molecule has 33 heavy (non-hydrogen) atoms. The van der Waals surface area contributed by atoms with Gasteiger partial charge in [-0.25, -0.2) is 0 Å². The van der Waals surface area contributed by atoms with E-state index >= 15 is 0 Å². The van der Waals surface area contributed by atoms with Crippen LogP contribution < -0.4 is 10.2 Å². The van der Waals surface area contributed by atoms with Gasteiger partial charge in [0.2, 0.25) is 17.6 Å². The lowest BCUT2D eigenvalue weighted by Crippen LogP contribution is -2.28. The second kappa shape index (κ2) is 8.99. The maximum Gasteiger partial charge on any atom is 0.268 e. The fourth-order valence-corrected chi connectivity index (χ4v) is 4.50. The zero-order valence-corrected chi connectivity index (χ0v) is 18.8. The smallest absolute Gasteiger partial charge is 0.268 e. The highest BCUT2D eigenvalue weighted by Crippen LogP contribution is 2.30. The van der Waals surface area contributed by atoms with Gasteiger partial charge in [0.15, 0.2) is 0 Å². The standard InChI is InChI=1S/C25H22N4O3S/c1-2-16-8-10-19(11-9-16)26-24(31)18-14-22(30)29(15-18)20-6-3-5-17(13-20)23-27-25(32-28-23)21-7-4-12-33-21/h3-13,18H,2,14-15H2,1H3,(H,26,31)/t18-/m0/s1. The van der Waals surface area contributed by atoms with Crippen molar-refractivity contribution in [1.82, 2.24) is 10.1 Å². The van der Waals surface area contributed by atoms with Gasteiger partial charge >= 0.3 is 0 Å². The molecular weight excluding hydrogens is 436 g/mol. The van der Waals surface area contributed by atoms with E-state index in [9.17, 15) is 9.59 Å². The summed E-state index contributed by atoms with van der Waals surface area (Å²) in [4.78, 5) is 32.5. The molecule has 2 aromatic heterocycles. The Morgan fingerprint density at radius 3 is 2.79 bits per heavy atom. The number of carbonyl (C=O) groups excluding carboxylic acids is 2. The molecule has 0 spiro atoms. The lowest BCUT2D eigenvalue weighted by molar-refractivity contribution is -0.122. The minimum atomic E-state index is -0.414. The Hall–Kier alpha value is -3.78. The van der Waals surface area contributed by atoms with Gasteiger partial charge in [0.05, 0.1) is 10.8 Å². The molecule has 4 aromatic rings. The van der Waals surface area contributed by atoms with E-state index in [0.29, 0.717) is 23.9 Å². The maximum atomic E-state index is 12.8. The van der Waals surface area contributed by atoms with Crippen molar-refractivity contribution in [3.8, 4) is 22.2 Å². The molecular formula is C25H22N4O3S. The van der Waals surface area contributed by atoms with Crippen LogP contribution in [0.2, 0.25) is 0 Å². The summed E-state index contributed by atoms with van der Waals surface area (Å²) in [5.74, 6) is 0.275. The van der Waals surface area contributed by atoms with E-state index in [1.165, 1.54) is 16.9 Å². The molecule has 0 radical (unpaired) electrons. The lowest BCUT2D eigenvalue weighted by Gasteiger charge is -2.17. The summed E-state index contributed by atoms with van der Waals surface area (Å²) in [5.41, 5.74) is 3.40. The summed E-state index contributed by atoms with van der Waals surface area (Å²) in [6, 6.07) is 19.0. The van der Waals surface area contributed by atoms with Gasteiger partial charge in [0.1, 0.15) is 0 Å². The molecule has 3 heterocycles.